The van der Waals surface area contributed by atoms with Gasteiger partial charge >= 0.3 is 0 Å². The highest BCUT2D eigenvalue weighted by molar-refractivity contribution is 9.10. The summed E-state index contributed by atoms with van der Waals surface area (Å²) in [6, 6.07) is 6.00. The van der Waals surface area contributed by atoms with Crippen LogP contribution >= 0.6 is 15.9 Å². The Hall–Kier alpha value is -1.07. The van der Waals surface area contributed by atoms with Crippen LogP contribution < -0.4 is 15.4 Å². The number of rotatable bonds is 7. The number of nitrogens with one attached hydrogen (secondary N) is 2. The molecule has 0 radical (unpaired) electrons. The van der Waals surface area contributed by atoms with Gasteiger partial charge in [-0.05, 0) is 47.1 Å². The average Bonchev–Trinajstić information content (AvgIpc) is 2.36. The maximum atomic E-state index is 11.0. The summed E-state index contributed by atoms with van der Waals surface area (Å²) < 4.78 is 6.56. The molecule has 1 amide bonds. The van der Waals surface area contributed by atoms with Crippen LogP contribution in [0.2, 0.25) is 0 Å². The van der Waals surface area contributed by atoms with Crippen molar-refractivity contribution in [3.05, 3.63) is 28.2 Å². The maximum absolute atomic E-state index is 11.0. The Morgan fingerprint density at radius 1 is 1.39 bits per heavy atom. The molecule has 0 fully saturated rings. The Balaban J connectivity index is 2.40. The Kier molecular flexibility index (Phi) is 6.75. The highest BCUT2D eigenvalue weighted by Crippen LogP contribution is 2.26. The van der Waals surface area contributed by atoms with Crippen molar-refractivity contribution in [3.63, 3.8) is 0 Å². The molecule has 5 heteroatoms. The van der Waals surface area contributed by atoms with Gasteiger partial charge in [0, 0.05) is 20.0 Å². The van der Waals surface area contributed by atoms with Crippen LogP contribution in [0.15, 0.2) is 22.7 Å². The van der Waals surface area contributed by atoms with Crippen LogP contribution in [0.5, 0.6) is 5.75 Å². The SMILES string of the molecule is CNCc1ccc(OCCCC(=O)NC)c(Br)c1. The molecule has 0 aliphatic carbocycles. The van der Waals surface area contributed by atoms with Crippen molar-refractivity contribution in [3.8, 4) is 5.75 Å². The summed E-state index contributed by atoms with van der Waals surface area (Å²) in [5, 5.41) is 5.68. The van der Waals surface area contributed by atoms with Crippen LogP contribution in [0.3, 0.4) is 0 Å². The summed E-state index contributed by atoms with van der Waals surface area (Å²) in [6.45, 7) is 1.37. The summed E-state index contributed by atoms with van der Waals surface area (Å²) in [4.78, 5) is 11.0. The van der Waals surface area contributed by atoms with E-state index >= 15 is 0 Å². The predicted molar refractivity (Wildman–Crippen MR) is 75.7 cm³/mol. The second-order valence-corrected chi connectivity index (χ2v) is 4.77. The number of carbonyl (C=O) groups is 1. The molecular formula is C13H19BrN2O2. The molecule has 0 bridgehead atoms. The van der Waals surface area contributed by atoms with Gasteiger partial charge in [0.25, 0.3) is 0 Å². The summed E-state index contributed by atoms with van der Waals surface area (Å²) in [5.74, 6) is 0.855. The smallest absolute Gasteiger partial charge is 0.219 e. The fourth-order valence-electron chi connectivity index (χ4n) is 1.52. The molecule has 18 heavy (non-hydrogen) atoms. The lowest BCUT2D eigenvalue weighted by molar-refractivity contribution is -0.120. The van der Waals surface area contributed by atoms with E-state index in [1.807, 2.05) is 25.2 Å². The van der Waals surface area contributed by atoms with Crippen LogP contribution in [0.25, 0.3) is 0 Å². The lowest BCUT2D eigenvalue weighted by atomic mass is 10.2. The van der Waals surface area contributed by atoms with Gasteiger partial charge in [0.2, 0.25) is 5.91 Å². The second-order valence-electron chi connectivity index (χ2n) is 3.92. The molecular weight excluding hydrogens is 296 g/mol. The summed E-state index contributed by atoms with van der Waals surface area (Å²) in [7, 11) is 3.55. The number of ether oxygens (including phenoxy) is 1. The average molecular weight is 315 g/mol. The molecule has 0 unspecified atom stereocenters. The predicted octanol–water partition coefficient (Wildman–Crippen LogP) is 2.07. The molecule has 1 rings (SSSR count). The Morgan fingerprint density at radius 3 is 2.78 bits per heavy atom. The minimum Gasteiger partial charge on any atom is -0.492 e. The van der Waals surface area contributed by atoms with Crippen molar-refractivity contribution in [2.75, 3.05) is 20.7 Å². The zero-order valence-corrected chi connectivity index (χ0v) is 12.3. The van der Waals surface area contributed by atoms with E-state index in [2.05, 4.69) is 26.6 Å². The van der Waals surface area contributed by atoms with Crippen LogP contribution in [0, 0.1) is 0 Å². The number of benzene rings is 1. The molecule has 0 spiro atoms. The third kappa shape index (κ3) is 5.06. The zero-order chi connectivity index (χ0) is 13.4. The molecule has 0 aromatic heterocycles. The van der Waals surface area contributed by atoms with Crippen LogP contribution in [-0.4, -0.2) is 26.6 Å². The third-order valence-corrected chi connectivity index (χ3v) is 3.08. The first-order valence-electron chi connectivity index (χ1n) is 5.93. The lowest BCUT2D eigenvalue weighted by Gasteiger charge is -2.09. The van der Waals surface area contributed by atoms with Crippen LogP contribution in [0.1, 0.15) is 18.4 Å². The van der Waals surface area contributed by atoms with Crippen molar-refractivity contribution in [1.82, 2.24) is 10.6 Å². The monoisotopic (exact) mass is 314 g/mol. The third-order valence-electron chi connectivity index (χ3n) is 2.46. The summed E-state index contributed by atoms with van der Waals surface area (Å²) >= 11 is 3.48. The van der Waals surface area contributed by atoms with Crippen molar-refractivity contribution < 1.29 is 9.53 Å². The molecule has 0 atom stereocenters. The lowest BCUT2D eigenvalue weighted by Crippen LogP contribution is -2.18. The molecule has 4 nitrogen and oxygen atoms in total. The van der Waals surface area contributed by atoms with E-state index in [1.54, 1.807) is 7.05 Å². The van der Waals surface area contributed by atoms with Crippen LogP contribution in [-0.2, 0) is 11.3 Å². The Bertz CT molecular complexity index is 397. The highest BCUT2D eigenvalue weighted by atomic mass is 79.9. The first-order valence-corrected chi connectivity index (χ1v) is 6.73. The molecule has 0 aliphatic rings. The highest BCUT2D eigenvalue weighted by Gasteiger charge is 2.03. The molecule has 0 aliphatic heterocycles. The minimum atomic E-state index is 0.0435. The van der Waals surface area contributed by atoms with Crippen LogP contribution in [0.4, 0.5) is 0 Å². The largest absolute Gasteiger partial charge is 0.492 e. The van der Waals surface area contributed by atoms with Gasteiger partial charge < -0.3 is 15.4 Å². The fourth-order valence-corrected chi connectivity index (χ4v) is 2.06. The van der Waals surface area contributed by atoms with Crippen molar-refractivity contribution in [2.45, 2.75) is 19.4 Å². The van der Waals surface area contributed by atoms with Gasteiger partial charge in [0.15, 0.2) is 0 Å². The van der Waals surface area contributed by atoms with Gasteiger partial charge in [-0.25, -0.2) is 0 Å². The van der Waals surface area contributed by atoms with Gasteiger partial charge in [-0.3, -0.25) is 4.79 Å². The van der Waals surface area contributed by atoms with Crippen molar-refractivity contribution in [2.24, 2.45) is 0 Å². The molecule has 0 saturated carbocycles. The van der Waals surface area contributed by atoms with E-state index in [-0.39, 0.29) is 5.91 Å². The van der Waals surface area contributed by atoms with E-state index in [0.29, 0.717) is 19.4 Å². The molecule has 1 aromatic carbocycles. The number of halogens is 1. The second kappa shape index (κ2) is 8.11. The van der Waals surface area contributed by atoms with E-state index in [1.165, 1.54) is 5.56 Å². The minimum absolute atomic E-state index is 0.0435. The summed E-state index contributed by atoms with van der Waals surface area (Å²) in [6.07, 6.45) is 1.20. The van der Waals surface area contributed by atoms with Gasteiger partial charge in [-0.15, -0.1) is 0 Å². The molecule has 2 N–H and O–H groups in total. The summed E-state index contributed by atoms with van der Waals surface area (Å²) in [5.41, 5.74) is 1.20. The van der Waals surface area contributed by atoms with E-state index in [9.17, 15) is 4.79 Å². The van der Waals surface area contributed by atoms with E-state index in [4.69, 9.17) is 4.74 Å². The Morgan fingerprint density at radius 2 is 2.17 bits per heavy atom. The van der Waals surface area contributed by atoms with Crippen molar-refractivity contribution in [1.29, 1.82) is 0 Å². The van der Waals surface area contributed by atoms with Gasteiger partial charge in [-0.2, -0.15) is 0 Å². The molecule has 0 heterocycles. The topological polar surface area (TPSA) is 50.4 Å². The quantitative estimate of drug-likeness (QED) is 0.758. The van der Waals surface area contributed by atoms with Gasteiger partial charge in [-0.1, -0.05) is 6.07 Å². The maximum Gasteiger partial charge on any atom is 0.219 e. The zero-order valence-electron chi connectivity index (χ0n) is 10.8. The molecule has 0 saturated heterocycles. The Labute approximate surface area is 116 Å². The van der Waals surface area contributed by atoms with E-state index in [0.717, 1.165) is 16.8 Å². The van der Waals surface area contributed by atoms with Gasteiger partial charge in [0.1, 0.15) is 5.75 Å². The standard InChI is InChI=1S/C13H19BrN2O2/c1-15-9-10-5-6-12(11(14)8-10)18-7-3-4-13(17)16-2/h5-6,8,15H,3-4,7,9H2,1-2H3,(H,16,17). The number of hydrogen-bond donors (Lipinski definition) is 2. The molecule has 100 valence electrons. The van der Waals surface area contributed by atoms with E-state index < -0.39 is 0 Å². The number of carbonyl (C=O) groups excluding carboxylic acids is 1. The van der Waals surface area contributed by atoms with Crippen molar-refractivity contribution >= 4 is 21.8 Å². The number of hydrogen-bond acceptors (Lipinski definition) is 3. The first kappa shape index (κ1) is 15.0. The number of amides is 1. The fraction of sp³-hybridized carbons (Fsp3) is 0.462. The van der Waals surface area contributed by atoms with Gasteiger partial charge in [0.05, 0.1) is 11.1 Å². The molecule has 1 aromatic rings. The first-order chi connectivity index (χ1) is 8.67. The normalized spacial score (nSPS) is 10.2.